The van der Waals surface area contributed by atoms with Crippen LogP contribution in [-0.2, 0) is 24.0 Å². The van der Waals surface area contributed by atoms with Gasteiger partial charge in [-0.2, -0.15) is 0 Å². The topological polar surface area (TPSA) is 324 Å². The number of amides is 3. The zero-order chi connectivity index (χ0) is 38.4. The van der Waals surface area contributed by atoms with Crippen LogP contribution in [-0.4, -0.2) is 111 Å². The van der Waals surface area contributed by atoms with Crippen molar-refractivity contribution in [1.29, 1.82) is 0 Å². The van der Waals surface area contributed by atoms with E-state index in [1.54, 1.807) is 6.92 Å². The van der Waals surface area contributed by atoms with Gasteiger partial charge in [0.05, 0.1) is 16.9 Å². The molecule has 2 aromatic heterocycles. The molecule has 1 aromatic carbocycles. The number of aromatic hydroxyl groups is 2. The number of hydrogen-bond acceptors (Lipinski definition) is 15. The largest absolute Gasteiger partial charge is 0.504 e. The number of nitrogens with one attached hydrogen (secondary N) is 3. The summed E-state index contributed by atoms with van der Waals surface area (Å²) in [6.07, 6.45) is 1.04. The van der Waals surface area contributed by atoms with E-state index in [0.29, 0.717) is 0 Å². The number of aromatic amines is 1. The average Bonchev–Trinajstić information content (AvgIpc) is 3.51. The Kier molecular flexibility index (Phi) is 9.89. The Hall–Kier alpha value is -6.16. The van der Waals surface area contributed by atoms with Crippen LogP contribution in [0.25, 0.3) is 10.9 Å². The molecular weight excluding hydrogens is 731 g/mol. The van der Waals surface area contributed by atoms with Crippen molar-refractivity contribution in [2.75, 3.05) is 11.5 Å². The van der Waals surface area contributed by atoms with Crippen molar-refractivity contribution in [1.82, 2.24) is 25.5 Å². The van der Waals surface area contributed by atoms with Crippen molar-refractivity contribution in [3.8, 4) is 11.5 Å². The van der Waals surface area contributed by atoms with Crippen LogP contribution in [0.15, 0.2) is 38.9 Å². The van der Waals surface area contributed by atoms with Crippen LogP contribution >= 0.6 is 23.1 Å². The number of carboxylic acid groups (broad SMARTS) is 3. The molecule has 10 N–H and O–H groups in total. The van der Waals surface area contributed by atoms with Crippen molar-refractivity contribution >= 4 is 80.5 Å². The minimum atomic E-state index is -1.85. The Labute approximate surface area is 299 Å². The van der Waals surface area contributed by atoms with Gasteiger partial charge in [-0.1, -0.05) is 12.1 Å². The number of thiazole rings is 1. The van der Waals surface area contributed by atoms with Crippen molar-refractivity contribution in [2.45, 2.75) is 50.3 Å². The molecule has 0 bridgehead atoms. The third-order valence-corrected chi connectivity index (χ3v) is 10.0. The zero-order valence-electron chi connectivity index (χ0n) is 27.1. The van der Waals surface area contributed by atoms with Crippen LogP contribution in [0.1, 0.15) is 53.6 Å². The molecular formula is C30H29N7O13S2. The highest BCUT2D eigenvalue weighted by atomic mass is 32.2. The summed E-state index contributed by atoms with van der Waals surface area (Å²) in [6.45, 7) is 3.97. The van der Waals surface area contributed by atoms with Gasteiger partial charge in [0.1, 0.15) is 33.9 Å². The van der Waals surface area contributed by atoms with E-state index in [9.17, 15) is 59.1 Å². The van der Waals surface area contributed by atoms with Gasteiger partial charge in [-0.3, -0.25) is 24.1 Å². The summed E-state index contributed by atoms with van der Waals surface area (Å²) in [7, 11) is 0. The van der Waals surface area contributed by atoms with E-state index >= 15 is 0 Å². The van der Waals surface area contributed by atoms with Gasteiger partial charge in [0.15, 0.2) is 22.3 Å². The normalized spacial score (nSPS) is 17.9. The number of pyridine rings is 1. The quantitative estimate of drug-likeness (QED) is 0.0516. The lowest BCUT2D eigenvalue weighted by molar-refractivity contribution is -0.161. The fourth-order valence-corrected chi connectivity index (χ4v) is 7.30. The number of nitrogen functional groups attached to an aromatic ring is 1. The molecule has 2 aliphatic heterocycles. The number of fused-ring (bicyclic) bond motifs is 2. The summed E-state index contributed by atoms with van der Waals surface area (Å²) in [5.74, 6) is -9.50. The number of carboxylic acids is 3. The average molecular weight is 760 g/mol. The second kappa shape index (κ2) is 13.9. The molecule has 3 amide bonds. The highest BCUT2D eigenvalue weighted by Crippen LogP contribution is 2.42. The van der Waals surface area contributed by atoms with Crippen LogP contribution < -0.4 is 21.8 Å². The van der Waals surface area contributed by atoms with Crippen molar-refractivity contribution in [2.24, 2.45) is 5.16 Å². The lowest BCUT2D eigenvalue weighted by Crippen LogP contribution is -2.71. The maximum Gasteiger partial charge on any atom is 0.352 e. The maximum atomic E-state index is 13.4. The number of benzene rings is 1. The molecule has 4 heterocycles. The second-order valence-corrected chi connectivity index (χ2v) is 13.8. The molecule has 3 atom stereocenters. The van der Waals surface area contributed by atoms with Crippen molar-refractivity contribution < 1.29 is 59.1 Å². The molecule has 1 fully saturated rings. The van der Waals surface area contributed by atoms with Gasteiger partial charge in [0.25, 0.3) is 17.7 Å². The fourth-order valence-electron chi connectivity index (χ4n) is 5.33. The lowest BCUT2D eigenvalue weighted by atomic mass is 9.97. The van der Waals surface area contributed by atoms with E-state index in [1.807, 2.05) is 0 Å². The van der Waals surface area contributed by atoms with Crippen LogP contribution in [0.3, 0.4) is 0 Å². The van der Waals surface area contributed by atoms with E-state index in [1.165, 1.54) is 19.2 Å². The first-order chi connectivity index (χ1) is 24.4. The Morgan fingerprint density at radius 2 is 1.87 bits per heavy atom. The fraction of sp³-hybridized carbons (Fsp3) is 0.300. The summed E-state index contributed by atoms with van der Waals surface area (Å²) in [4.78, 5) is 102. The summed E-state index contributed by atoms with van der Waals surface area (Å²) in [5, 5.41) is 57.8. The Bertz CT molecular complexity index is 2190. The molecule has 2 unspecified atom stereocenters. The van der Waals surface area contributed by atoms with Gasteiger partial charge in [0, 0.05) is 23.4 Å². The first-order valence-corrected chi connectivity index (χ1v) is 16.9. The van der Waals surface area contributed by atoms with Crippen molar-refractivity contribution in [3.63, 3.8) is 0 Å². The third kappa shape index (κ3) is 6.55. The molecule has 22 heteroatoms. The SMILES string of the molecule is CCC(NC(=O)c1c[nH]c2cc(O)c(O)c(C(=O)O)c2c1=O)C1=C(C(=O)O)N2C(=O)C(NC(=O)/C(=N\OC(C)(C)C(=O)O)c3csc(N)n3)[C@@H]2SC1. The molecule has 0 spiro atoms. The number of anilines is 1. The second-order valence-electron chi connectivity index (χ2n) is 11.8. The molecule has 3 aromatic rings. The van der Waals surface area contributed by atoms with E-state index in [4.69, 9.17) is 10.6 Å². The summed E-state index contributed by atoms with van der Waals surface area (Å²) < 4.78 is 0. The number of nitrogens with zero attached hydrogens (tertiary/aromatic N) is 3. The number of carbonyl (C=O) groups excluding carboxylic acids is 3. The number of H-pyrrole nitrogens is 1. The van der Waals surface area contributed by atoms with Crippen LogP contribution in [0, 0.1) is 0 Å². The number of oxime groups is 1. The lowest BCUT2D eigenvalue weighted by Gasteiger charge is -2.50. The molecule has 52 heavy (non-hydrogen) atoms. The Balaban J connectivity index is 1.41. The minimum absolute atomic E-state index is 0.0536. The van der Waals surface area contributed by atoms with Gasteiger partial charge < -0.3 is 51.7 Å². The molecule has 20 nitrogen and oxygen atoms in total. The van der Waals surface area contributed by atoms with Crippen LogP contribution in [0.2, 0.25) is 0 Å². The van der Waals surface area contributed by atoms with E-state index in [0.717, 1.165) is 40.3 Å². The van der Waals surface area contributed by atoms with Gasteiger partial charge in [-0.05, 0) is 25.8 Å². The maximum absolute atomic E-state index is 13.4. The molecule has 1 saturated heterocycles. The number of aromatic carboxylic acids is 1. The first-order valence-electron chi connectivity index (χ1n) is 15.0. The van der Waals surface area contributed by atoms with Crippen LogP contribution in [0.5, 0.6) is 11.5 Å². The highest BCUT2D eigenvalue weighted by molar-refractivity contribution is 8.00. The van der Waals surface area contributed by atoms with Crippen LogP contribution in [0.4, 0.5) is 5.13 Å². The Morgan fingerprint density at radius 1 is 1.17 bits per heavy atom. The molecule has 5 rings (SSSR count). The van der Waals surface area contributed by atoms with E-state index in [2.05, 4.69) is 25.8 Å². The number of thioether (sulfide) groups is 1. The molecule has 0 aliphatic carbocycles. The smallest absolute Gasteiger partial charge is 0.352 e. The number of phenolic OH excluding ortho intramolecular Hbond substituents is 1. The number of aliphatic carboxylic acids is 2. The Morgan fingerprint density at radius 3 is 2.44 bits per heavy atom. The summed E-state index contributed by atoms with van der Waals surface area (Å²) in [5.41, 5.74) is 0.0753. The van der Waals surface area contributed by atoms with E-state index < -0.39 is 104 Å². The molecule has 274 valence electrons. The van der Waals surface area contributed by atoms with Gasteiger partial charge in [0.2, 0.25) is 11.0 Å². The number of rotatable bonds is 12. The molecule has 2 aliphatic rings. The minimum Gasteiger partial charge on any atom is -0.504 e. The van der Waals surface area contributed by atoms with Gasteiger partial charge in [-0.25, -0.2) is 19.4 Å². The predicted molar refractivity (Wildman–Crippen MR) is 182 cm³/mol. The number of phenols is 2. The third-order valence-electron chi connectivity index (χ3n) is 8.06. The van der Waals surface area contributed by atoms with Gasteiger partial charge in [-0.15, -0.1) is 23.1 Å². The highest BCUT2D eigenvalue weighted by Gasteiger charge is 2.55. The summed E-state index contributed by atoms with van der Waals surface area (Å²) in [6, 6.07) is -1.42. The number of β-lactam (4-membered cyclic amide) rings is 1. The standard InChI is InChI=1S/C30H29N7O13S2/c1-4-11(33-22(41)9-6-32-12-5-14(38)21(40)16(26(44)45)15(12)20(9)39)10-7-51-25-18(24(43)37(25)19(10)27(46)47)35-23(42)17(13-8-52-29(31)34-13)36-50-30(2,3)28(48)49/h5-6,8,11,18,25,38,40H,4,7H2,1-3H3,(H2,31,34)(H,32,39)(H,33,41)(H,35,42)(H,44,45)(H,46,47)(H,48,49)/b36-17-/t11?,18?,25-/m0/s1. The zero-order valence-corrected chi connectivity index (χ0v) is 28.7. The van der Waals surface area contributed by atoms with Crippen molar-refractivity contribution in [3.05, 3.63) is 56.0 Å². The van der Waals surface area contributed by atoms with E-state index in [-0.39, 0.29) is 34.1 Å². The predicted octanol–water partition coefficient (Wildman–Crippen LogP) is 0.207. The molecule has 0 saturated carbocycles. The number of hydrogen-bond donors (Lipinski definition) is 9. The monoisotopic (exact) mass is 759 g/mol. The summed E-state index contributed by atoms with van der Waals surface area (Å²) >= 11 is 2.01. The number of carbonyl (C=O) groups is 6. The van der Waals surface area contributed by atoms with Gasteiger partial charge >= 0.3 is 17.9 Å². The number of nitrogens with two attached hydrogens (primary N) is 1. The molecule has 0 radical (unpaired) electrons. The first kappa shape index (κ1) is 37.1. The number of aromatic nitrogens is 2.